The van der Waals surface area contributed by atoms with Gasteiger partial charge in [0.1, 0.15) is 5.52 Å². The fourth-order valence-electron chi connectivity index (χ4n) is 2.62. The lowest BCUT2D eigenvalue weighted by molar-refractivity contribution is 0.658. The van der Waals surface area contributed by atoms with Crippen LogP contribution in [0.1, 0.15) is 29.7 Å². The molecule has 0 aliphatic carbocycles. The van der Waals surface area contributed by atoms with Gasteiger partial charge in [-0.25, -0.2) is 4.98 Å². The van der Waals surface area contributed by atoms with Gasteiger partial charge in [0.2, 0.25) is 0 Å². The highest BCUT2D eigenvalue weighted by Crippen LogP contribution is 2.20. The first-order valence-corrected chi connectivity index (χ1v) is 8.44. The first-order chi connectivity index (χ1) is 10.1. The maximum atomic E-state index is 5.48. The summed E-state index contributed by atoms with van der Waals surface area (Å²) in [4.78, 5) is 7.84. The molecule has 0 saturated carbocycles. The van der Waals surface area contributed by atoms with Crippen LogP contribution in [0.5, 0.6) is 0 Å². The van der Waals surface area contributed by atoms with Crippen LogP contribution in [0.3, 0.4) is 0 Å². The molecular weight excluding hydrogens is 302 g/mol. The molecule has 7 heteroatoms. The second-order valence-corrected chi connectivity index (χ2v) is 6.56. The SMILES string of the molecule is CCCc1nn(C)c2c1[nH]c(=S)n2CCc1nc(C)cs1. The average molecular weight is 321 g/mol. The molecule has 3 heterocycles. The summed E-state index contributed by atoms with van der Waals surface area (Å²) < 4.78 is 4.83. The molecule has 0 aliphatic heterocycles. The van der Waals surface area contributed by atoms with Crippen molar-refractivity contribution in [3.8, 4) is 0 Å². The number of aromatic nitrogens is 5. The Balaban J connectivity index is 1.94. The molecule has 0 atom stereocenters. The van der Waals surface area contributed by atoms with Gasteiger partial charge in [-0.2, -0.15) is 5.10 Å². The predicted octanol–water partition coefficient (Wildman–Crippen LogP) is 3.39. The summed E-state index contributed by atoms with van der Waals surface area (Å²) in [7, 11) is 1.98. The number of aromatic amines is 1. The molecule has 3 rings (SSSR count). The van der Waals surface area contributed by atoms with Crippen molar-refractivity contribution >= 4 is 34.7 Å². The topological polar surface area (TPSA) is 51.4 Å². The molecule has 0 aromatic carbocycles. The zero-order valence-electron chi connectivity index (χ0n) is 12.5. The molecule has 21 heavy (non-hydrogen) atoms. The Morgan fingerprint density at radius 2 is 2.19 bits per heavy atom. The zero-order valence-corrected chi connectivity index (χ0v) is 14.1. The van der Waals surface area contributed by atoms with Crippen molar-refractivity contribution in [2.75, 3.05) is 0 Å². The molecule has 0 unspecified atom stereocenters. The Morgan fingerprint density at radius 1 is 1.38 bits per heavy atom. The van der Waals surface area contributed by atoms with E-state index in [-0.39, 0.29) is 0 Å². The van der Waals surface area contributed by atoms with Crippen molar-refractivity contribution in [3.63, 3.8) is 0 Å². The first-order valence-electron chi connectivity index (χ1n) is 7.15. The van der Waals surface area contributed by atoms with Crippen molar-refractivity contribution in [1.29, 1.82) is 0 Å². The third-order valence-electron chi connectivity index (χ3n) is 3.52. The van der Waals surface area contributed by atoms with Gasteiger partial charge in [0.25, 0.3) is 0 Å². The predicted molar refractivity (Wildman–Crippen MR) is 88.4 cm³/mol. The van der Waals surface area contributed by atoms with E-state index >= 15 is 0 Å². The standard InChI is InChI=1S/C14H19N5S2/c1-4-5-10-12-13(18(3)17-10)19(14(20)16-12)7-6-11-15-9(2)8-21-11/h8H,4-7H2,1-3H3,(H,16,20). The van der Waals surface area contributed by atoms with Crippen LogP contribution in [0.25, 0.3) is 11.2 Å². The Morgan fingerprint density at radius 3 is 2.86 bits per heavy atom. The van der Waals surface area contributed by atoms with Crippen molar-refractivity contribution < 1.29 is 0 Å². The van der Waals surface area contributed by atoms with E-state index in [1.165, 1.54) is 0 Å². The highest BCUT2D eigenvalue weighted by molar-refractivity contribution is 7.71. The van der Waals surface area contributed by atoms with Crippen molar-refractivity contribution in [2.45, 2.75) is 39.7 Å². The fraction of sp³-hybridized carbons (Fsp3) is 0.500. The fourth-order valence-corrected chi connectivity index (χ4v) is 3.67. The largest absolute Gasteiger partial charge is 0.328 e. The van der Waals surface area contributed by atoms with Crippen LogP contribution in [0.2, 0.25) is 0 Å². The lowest BCUT2D eigenvalue weighted by atomic mass is 10.2. The quantitative estimate of drug-likeness (QED) is 0.733. The molecule has 5 nitrogen and oxygen atoms in total. The van der Waals surface area contributed by atoms with Crippen LogP contribution in [0.4, 0.5) is 0 Å². The molecule has 0 saturated heterocycles. The number of imidazole rings is 1. The molecule has 0 spiro atoms. The number of rotatable bonds is 5. The van der Waals surface area contributed by atoms with Gasteiger partial charge in [0.15, 0.2) is 10.4 Å². The number of aryl methyl sites for hydroxylation is 5. The van der Waals surface area contributed by atoms with E-state index in [0.717, 1.165) is 58.1 Å². The molecule has 0 amide bonds. The Kier molecular flexibility index (Phi) is 3.95. The number of nitrogens with one attached hydrogen (secondary N) is 1. The highest BCUT2D eigenvalue weighted by atomic mass is 32.1. The second-order valence-electron chi connectivity index (χ2n) is 5.23. The van der Waals surface area contributed by atoms with Gasteiger partial charge in [-0.05, 0) is 25.6 Å². The average Bonchev–Trinajstić information content (AvgIpc) is 3.07. The first kappa shape index (κ1) is 14.5. The van der Waals surface area contributed by atoms with Gasteiger partial charge in [0, 0.05) is 31.1 Å². The Labute approximate surface area is 132 Å². The van der Waals surface area contributed by atoms with E-state index in [1.807, 2.05) is 18.7 Å². The van der Waals surface area contributed by atoms with Crippen LogP contribution in [0, 0.1) is 11.7 Å². The molecule has 3 aromatic heterocycles. The Bertz CT molecular complexity index is 820. The summed E-state index contributed by atoms with van der Waals surface area (Å²) in [6, 6.07) is 0. The van der Waals surface area contributed by atoms with E-state index in [2.05, 4.69) is 31.9 Å². The highest BCUT2D eigenvalue weighted by Gasteiger charge is 2.15. The molecule has 1 N–H and O–H groups in total. The van der Waals surface area contributed by atoms with E-state index < -0.39 is 0 Å². The number of H-pyrrole nitrogens is 1. The lowest BCUT2D eigenvalue weighted by Crippen LogP contribution is -2.05. The smallest absolute Gasteiger partial charge is 0.179 e. The monoisotopic (exact) mass is 321 g/mol. The van der Waals surface area contributed by atoms with Gasteiger partial charge in [-0.15, -0.1) is 11.3 Å². The maximum Gasteiger partial charge on any atom is 0.179 e. The van der Waals surface area contributed by atoms with E-state index in [0.29, 0.717) is 0 Å². The number of nitrogens with zero attached hydrogens (tertiary/aromatic N) is 4. The number of hydrogen-bond acceptors (Lipinski definition) is 4. The van der Waals surface area contributed by atoms with Crippen LogP contribution in [0.15, 0.2) is 5.38 Å². The van der Waals surface area contributed by atoms with E-state index in [1.54, 1.807) is 11.3 Å². The van der Waals surface area contributed by atoms with E-state index in [9.17, 15) is 0 Å². The third-order valence-corrected chi connectivity index (χ3v) is 4.87. The minimum atomic E-state index is 0.767. The number of fused-ring (bicyclic) bond motifs is 1. The number of thiazole rings is 1. The third kappa shape index (κ3) is 2.67. The normalized spacial score (nSPS) is 11.6. The van der Waals surface area contributed by atoms with Gasteiger partial charge in [-0.3, -0.25) is 4.68 Å². The van der Waals surface area contributed by atoms with Crippen LogP contribution < -0.4 is 0 Å². The summed E-state index contributed by atoms with van der Waals surface area (Å²) in [6.07, 6.45) is 2.95. The molecule has 3 aromatic rings. The summed E-state index contributed by atoms with van der Waals surface area (Å²) in [5, 5.41) is 7.85. The summed E-state index contributed by atoms with van der Waals surface area (Å²) in [5.41, 5.74) is 4.35. The summed E-state index contributed by atoms with van der Waals surface area (Å²) >= 11 is 7.19. The van der Waals surface area contributed by atoms with Gasteiger partial charge < -0.3 is 9.55 Å². The maximum absolute atomic E-state index is 5.48. The molecule has 0 aliphatic rings. The minimum Gasteiger partial charge on any atom is -0.328 e. The molecular formula is C14H19N5S2. The summed E-state index contributed by atoms with van der Waals surface area (Å²) in [6.45, 7) is 5.02. The van der Waals surface area contributed by atoms with Crippen molar-refractivity contribution in [1.82, 2.24) is 24.3 Å². The van der Waals surface area contributed by atoms with Gasteiger partial charge in [-0.1, -0.05) is 13.3 Å². The minimum absolute atomic E-state index is 0.767. The number of hydrogen-bond donors (Lipinski definition) is 1. The second kappa shape index (κ2) is 5.73. The van der Waals surface area contributed by atoms with Crippen LogP contribution in [-0.2, 0) is 26.4 Å². The van der Waals surface area contributed by atoms with Crippen molar-refractivity contribution in [2.24, 2.45) is 7.05 Å². The van der Waals surface area contributed by atoms with E-state index in [4.69, 9.17) is 12.2 Å². The Hall–Kier alpha value is -1.47. The van der Waals surface area contributed by atoms with Gasteiger partial charge >= 0.3 is 0 Å². The van der Waals surface area contributed by atoms with Crippen molar-refractivity contribution in [3.05, 3.63) is 26.5 Å². The summed E-state index contributed by atoms with van der Waals surface area (Å²) in [5.74, 6) is 0. The zero-order chi connectivity index (χ0) is 15.0. The molecule has 0 bridgehead atoms. The molecule has 0 radical (unpaired) electrons. The lowest BCUT2D eigenvalue weighted by Gasteiger charge is -2.03. The molecule has 112 valence electrons. The van der Waals surface area contributed by atoms with Crippen LogP contribution in [-0.4, -0.2) is 24.3 Å². The van der Waals surface area contributed by atoms with Crippen LogP contribution >= 0.6 is 23.6 Å². The molecule has 0 fully saturated rings. The van der Waals surface area contributed by atoms with Gasteiger partial charge in [0.05, 0.1) is 10.7 Å².